The fourth-order valence-corrected chi connectivity index (χ4v) is 2.31. The van der Waals surface area contributed by atoms with E-state index in [1.807, 2.05) is 0 Å². The Labute approximate surface area is 120 Å². The van der Waals surface area contributed by atoms with E-state index in [9.17, 15) is 5.21 Å². The van der Waals surface area contributed by atoms with Crippen LogP contribution in [0.4, 0.5) is 0 Å². The summed E-state index contributed by atoms with van der Waals surface area (Å²) >= 11 is 22.8. The van der Waals surface area contributed by atoms with E-state index in [1.165, 1.54) is 0 Å². The lowest BCUT2D eigenvalue weighted by Gasteiger charge is -2.34. The molecule has 1 saturated heterocycles. The molecule has 0 aromatic carbocycles. The predicted octanol–water partition coefficient (Wildman–Crippen LogP) is 3.95. The van der Waals surface area contributed by atoms with Gasteiger partial charge >= 0.3 is 0 Å². The van der Waals surface area contributed by atoms with Crippen molar-refractivity contribution in [3.05, 3.63) is 25.6 Å². The summed E-state index contributed by atoms with van der Waals surface area (Å²) in [4.78, 5) is 1.78. The maximum absolute atomic E-state index is 10.8. The Balaban J connectivity index is 3.10. The highest BCUT2D eigenvalue weighted by molar-refractivity contribution is 6.60. The van der Waals surface area contributed by atoms with E-state index >= 15 is 0 Å². The number of allylic oxidation sites excluding steroid dienone is 1. The Kier molecular flexibility index (Phi) is 6.20. The Morgan fingerprint density at radius 3 is 2.00 bits per heavy atom. The monoisotopic (exact) mass is 319 g/mol. The van der Waals surface area contributed by atoms with Gasteiger partial charge in [0.2, 0.25) is 0 Å². The lowest BCUT2D eigenvalue weighted by Crippen LogP contribution is -2.31. The maximum Gasteiger partial charge on any atom is 0.143 e. The van der Waals surface area contributed by atoms with E-state index in [4.69, 9.17) is 51.6 Å². The fraction of sp³-hybridized carbons (Fsp3) is 0.556. The Hall–Kier alpha value is 0.160. The third-order valence-corrected chi connectivity index (χ3v) is 3.67. The Morgan fingerprint density at radius 1 is 1.06 bits per heavy atom. The highest BCUT2D eigenvalue weighted by atomic mass is 35.5. The lowest BCUT2D eigenvalue weighted by molar-refractivity contribution is 0.00285. The van der Waals surface area contributed by atoms with Crippen molar-refractivity contribution in [1.82, 2.24) is 10.1 Å². The largest absolute Gasteiger partial charge is 0.733 e. The van der Waals surface area contributed by atoms with Crippen molar-refractivity contribution in [2.75, 3.05) is 13.1 Å². The van der Waals surface area contributed by atoms with Gasteiger partial charge in [-0.25, -0.2) is 0 Å². The summed E-state index contributed by atoms with van der Waals surface area (Å²) < 4.78 is -0.202. The van der Waals surface area contributed by atoms with Crippen LogP contribution in [0.1, 0.15) is 19.3 Å². The average Bonchev–Trinajstić information content (AvgIpc) is 2.30. The van der Waals surface area contributed by atoms with E-state index in [-0.39, 0.29) is 15.2 Å². The van der Waals surface area contributed by atoms with Gasteiger partial charge in [0.25, 0.3) is 0 Å². The van der Waals surface area contributed by atoms with Crippen molar-refractivity contribution >= 4 is 46.4 Å². The van der Waals surface area contributed by atoms with E-state index in [0.29, 0.717) is 13.1 Å². The summed E-state index contributed by atoms with van der Waals surface area (Å²) in [6.45, 7) is 1.35. The number of rotatable bonds is 3. The molecule has 1 aliphatic rings. The second-order valence-electron chi connectivity index (χ2n) is 3.53. The third kappa shape index (κ3) is 4.09. The summed E-state index contributed by atoms with van der Waals surface area (Å²) in [5.41, 5.74) is 0.158. The van der Waals surface area contributed by atoms with Crippen molar-refractivity contribution in [2.45, 2.75) is 19.3 Å². The number of likely N-dealkylation sites (tertiary alicyclic amines) is 1. The molecule has 0 aromatic heterocycles. The number of hydrogen-bond acceptors (Lipinski definition) is 4. The third-order valence-electron chi connectivity index (χ3n) is 2.41. The van der Waals surface area contributed by atoms with Crippen LogP contribution in [0.3, 0.4) is 0 Å². The molecule has 0 atom stereocenters. The second-order valence-corrected chi connectivity index (χ2v) is 5.22. The first-order valence-corrected chi connectivity index (χ1v) is 6.48. The minimum absolute atomic E-state index is 0.0462. The first-order chi connectivity index (χ1) is 7.95. The summed E-state index contributed by atoms with van der Waals surface area (Å²) in [5, 5.41) is 18.7. The molecule has 1 aliphatic heterocycles. The zero-order valence-corrected chi connectivity index (χ0v) is 11.8. The number of nitrogens with zero attached hydrogens (tertiary/aromatic N) is 2. The molecule has 0 amide bonds. The SMILES string of the molecule is [O-]N(O)/C(Cl)=C(\C(Cl)=C(Cl)Cl)N1CCCCC1. The van der Waals surface area contributed by atoms with Crippen molar-refractivity contribution in [2.24, 2.45) is 0 Å². The first-order valence-electron chi connectivity index (χ1n) is 4.97. The number of piperidine rings is 1. The zero-order valence-electron chi connectivity index (χ0n) is 8.80. The van der Waals surface area contributed by atoms with Crippen molar-refractivity contribution in [3.8, 4) is 0 Å². The van der Waals surface area contributed by atoms with Crippen molar-refractivity contribution < 1.29 is 5.21 Å². The minimum Gasteiger partial charge on any atom is -0.733 e. The maximum atomic E-state index is 10.8. The van der Waals surface area contributed by atoms with Gasteiger partial charge in [-0.1, -0.05) is 46.4 Å². The van der Waals surface area contributed by atoms with Gasteiger partial charge < -0.3 is 15.3 Å². The summed E-state index contributed by atoms with van der Waals surface area (Å²) in [7, 11) is 0. The van der Waals surface area contributed by atoms with E-state index in [1.54, 1.807) is 4.90 Å². The van der Waals surface area contributed by atoms with Gasteiger partial charge in [0.05, 0.1) is 10.7 Å². The van der Waals surface area contributed by atoms with Crippen LogP contribution in [0.15, 0.2) is 20.4 Å². The molecule has 98 valence electrons. The van der Waals surface area contributed by atoms with E-state index in [2.05, 4.69) is 0 Å². The zero-order chi connectivity index (χ0) is 13.0. The van der Waals surface area contributed by atoms with Crippen LogP contribution < -0.4 is 0 Å². The molecule has 1 rings (SSSR count). The van der Waals surface area contributed by atoms with Gasteiger partial charge in [0.15, 0.2) is 0 Å². The standard InChI is InChI=1S/C9H11Cl4N2O2/c10-6(8(11)12)7(9(13)15(16)17)14-4-2-1-3-5-14/h16H,1-5H2/q-1/b9-7+. The molecule has 0 aliphatic carbocycles. The average molecular weight is 321 g/mol. The molecule has 1 fully saturated rings. The summed E-state index contributed by atoms with van der Waals surface area (Å²) in [5.74, 6) is 0. The lowest BCUT2D eigenvalue weighted by atomic mass is 10.1. The predicted molar refractivity (Wildman–Crippen MR) is 69.9 cm³/mol. The van der Waals surface area contributed by atoms with Gasteiger partial charge in [0, 0.05) is 13.1 Å². The minimum atomic E-state index is -0.454. The van der Waals surface area contributed by atoms with Gasteiger partial charge in [-0.3, -0.25) is 5.21 Å². The van der Waals surface area contributed by atoms with Gasteiger partial charge in [0.1, 0.15) is 9.65 Å². The van der Waals surface area contributed by atoms with Gasteiger partial charge in [-0.2, -0.15) is 0 Å². The molecule has 8 heteroatoms. The first kappa shape index (κ1) is 15.2. The van der Waals surface area contributed by atoms with Crippen LogP contribution in [0.25, 0.3) is 0 Å². The van der Waals surface area contributed by atoms with Gasteiger partial charge in [-0.15, -0.1) is 0 Å². The topological polar surface area (TPSA) is 49.8 Å². The number of halogens is 4. The fourth-order valence-electron chi connectivity index (χ4n) is 1.66. The van der Waals surface area contributed by atoms with Gasteiger partial charge in [-0.05, 0) is 19.3 Å². The molecule has 0 unspecified atom stereocenters. The molecule has 17 heavy (non-hydrogen) atoms. The van der Waals surface area contributed by atoms with Crippen LogP contribution in [0.5, 0.6) is 0 Å². The highest BCUT2D eigenvalue weighted by Crippen LogP contribution is 2.33. The summed E-state index contributed by atoms with van der Waals surface area (Å²) in [6, 6.07) is 0. The van der Waals surface area contributed by atoms with Crippen LogP contribution >= 0.6 is 46.4 Å². The smallest absolute Gasteiger partial charge is 0.143 e. The molecule has 1 N–H and O–H groups in total. The molecule has 0 spiro atoms. The Morgan fingerprint density at radius 2 is 1.59 bits per heavy atom. The molecule has 0 aromatic rings. The van der Waals surface area contributed by atoms with Crippen LogP contribution in [0.2, 0.25) is 0 Å². The molecule has 0 saturated carbocycles. The molecule has 0 radical (unpaired) electrons. The summed E-state index contributed by atoms with van der Waals surface area (Å²) in [6.07, 6.45) is 2.99. The molecule has 1 heterocycles. The van der Waals surface area contributed by atoms with E-state index in [0.717, 1.165) is 19.3 Å². The molecule has 0 bridgehead atoms. The van der Waals surface area contributed by atoms with Crippen LogP contribution in [-0.4, -0.2) is 28.4 Å². The number of hydroxylamine groups is 2. The van der Waals surface area contributed by atoms with Crippen molar-refractivity contribution in [1.29, 1.82) is 0 Å². The Bertz CT molecular complexity index is 334. The quantitative estimate of drug-likeness (QED) is 0.486. The molecule has 4 nitrogen and oxygen atoms in total. The number of hydrogen-bond donors (Lipinski definition) is 1. The van der Waals surface area contributed by atoms with E-state index < -0.39 is 10.4 Å². The van der Waals surface area contributed by atoms with Crippen molar-refractivity contribution in [3.63, 3.8) is 0 Å². The van der Waals surface area contributed by atoms with Crippen LogP contribution in [0, 0.1) is 5.21 Å². The second kappa shape index (κ2) is 6.92. The highest BCUT2D eigenvalue weighted by Gasteiger charge is 2.22. The molecular formula is C9H11Cl4N2O2-. The normalized spacial score (nSPS) is 17.6. The molecular weight excluding hydrogens is 310 g/mol. The van der Waals surface area contributed by atoms with Crippen LogP contribution in [-0.2, 0) is 0 Å².